The summed E-state index contributed by atoms with van der Waals surface area (Å²) in [4.78, 5) is 15.2. The number of nitrogens with zero attached hydrogens (tertiary/aromatic N) is 1. The number of likely N-dealkylation sites (N-methyl/N-ethyl adjacent to an activating group) is 1. The summed E-state index contributed by atoms with van der Waals surface area (Å²) in [7, 11) is 3.57. The van der Waals surface area contributed by atoms with Gasteiger partial charge in [-0.05, 0) is 68.7 Å². The molecule has 7 heteroatoms. The number of carbonyl (C=O) groups is 1. The Balaban J connectivity index is 1.90. The van der Waals surface area contributed by atoms with Gasteiger partial charge in [0.1, 0.15) is 5.82 Å². The molecule has 3 rings (SSSR count). The minimum absolute atomic E-state index is 0.0441. The van der Waals surface area contributed by atoms with Crippen LogP contribution in [0.15, 0.2) is 48.5 Å². The number of nitrogens with one attached hydrogen (secondary N) is 2. The second kappa shape index (κ2) is 14.6. The number of halogens is 1. The Bertz CT molecular complexity index is 1020. The van der Waals surface area contributed by atoms with Crippen LogP contribution in [0.25, 0.3) is 11.1 Å². The van der Waals surface area contributed by atoms with Crippen molar-refractivity contribution in [1.29, 1.82) is 0 Å². The molecule has 6 nitrogen and oxygen atoms in total. The highest BCUT2D eigenvalue weighted by molar-refractivity contribution is 5.75. The standard InChI is InChI=1S/C31H46FN3O3/c1-23(2)20-25(21-33-3)34-30(36)35-18-11-12-24(22-35)31(37,17-9-10-19-38-4)28-15-7-5-13-26(28)27-14-6-8-16-29(27)32/h5-8,13-16,23-25,33,37H,9-12,17-22H2,1-4H3,(H,34,36)/t24-,25?,31+/m1/s1. The number of rotatable bonds is 13. The van der Waals surface area contributed by atoms with Crippen LogP contribution < -0.4 is 10.6 Å². The fraction of sp³-hybridized carbons (Fsp3) is 0.581. The molecule has 0 aromatic heterocycles. The first-order chi connectivity index (χ1) is 18.3. The van der Waals surface area contributed by atoms with Crippen molar-refractivity contribution in [3.8, 4) is 11.1 Å². The van der Waals surface area contributed by atoms with Crippen LogP contribution in [-0.4, -0.2) is 62.5 Å². The van der Waals surface area contributed by atoms with Gasteiger partial charge >= 0.3 is 6.03 Å². The highest BCUT2D eigenvalue weighted by atomic mass is 19.1. The minimum atomic E-state index is -1.21. The summed E-state index contributed by atoms with van der Waals surface area (Å²) >= 11 is 0. The Labute approximate surface area is 228 Å². The molecule has 0 radical (unpaired) electrons. The minimum Gasteiger partial charge on any atom is -0.385 e. The van der Waals surface area contributed by atoms with E-state index in [4.69, 9.17) is 4.74 Å². The quantitative estimate of drug-likeness (QED) is 0.299. The lowest BCUT2D eigenvalue weighted by atomic mass is 9.72. The number of likely N-dealkylation sites (tertiary alicyclic amines) is 1. The number of unbranched alkanes of at least 4 members (excludes halogenated alkanes) is 1. The Morgan fingerprint density at radius 2 is 1.87 bits per heavy atom. The zero-order valence-electron chi connectivity index (χ0n) is 23.5. The van der Waals surface area contributed by atoms with Crippen LogP contribution in [0.3, 0.4) is 0 Å². The predicted octanol–water partition coefficient (Wildman–Crippen LogP) is 5.55. The molecular formula is C31H46FN3O3. The molecule has 1 fully saturated rings. The molecule has 210 valence electrons. The van der Waals surface area contributed by atoms with Gasteiger partial charge in [0.2, 0.25) is 0 Å². The largest absolute Gasteiger partial charge is 0.385 e. The molecule has 1 unspecified atom stereocenters. The molecule has 1 aliphatic heterocycles. The lowest BCUT2D eigenvalue weighted by Crippen LogP contribution is -2.54. The molecule has 2 amide bonds. The van der Waals surface area contributed by atoms with Crippen LogP contribution in [0, 0.1) is 17.7 Å². The highest BCUT2D eigenvalue weighted by Gasteiger charge is 2.42. The molecule has 2 aromatic carbocycles. The average Bonchev–Trinajstić information content (AvgIpc) is 2.91. The van der Waals surface area contributed by atoms with E-state index < -0.39 is 5.60 Å². The number of aliphatic hydroxyl groups is 1. The van der Waals surface area contributed by atoms with E-state index in [1.807, 2.05) is 42.3 Å². The van der Waals surface area contributed by atoms with E-state index in [9.17, 15) is 14.3 Å². The molecule has 1 saturated heterocycles. The molecule has 3 atom stereocenters. The molecule has 0 aliphatic carbocycles. The van der Waals surface area contributed by atoms with Gasteiger partial charge in [-0.3, -0.25) is 0 Å². The molecule has 0 saturated carbocycles. The Hall–Kier alpha value is -2.48. The van der Waals surface area contributed by atoms with Crippen molar-refractivity contribution < 1.29 is 19.0 Å². The van der Waals surface area contributed by atoms with Crippen LogP contribution in [0.4, 0.5) is 9.18 Å². The van der Waals surface area contributed by atoms with Crippen molar-refractivity contribution in [2.75, 3.05) is 40.4 Å². The highest BCUT2D eigenvalue weighted by Crippen LogP contribution is 2.44. The number of urea groups is 1. The predicted molar refractivity (Wildman–Crippen MR) is 151 cm³/mol. The third-order valence-electron chi connectivity index (χ3n) is 7.63. The van der Waals surface area contributed by atoms with Crippen molar-refractivity contribution >= 4 is 6.03 Å². The fourth-order valence-electron chi connectivity index (χ4n) is 5.80. The van der Waals surface area contributed by atoms with Gasteiger partial charge in [0, 0.05) is 50.9 Å². The summed E-state index contributed by atoms with van der Waals surface area (Å²) in [5.41, 5.74) is 0.691. The molecule has 1 aliphatic rings. The smallest absolute Gasteiger partial charge is 0.317 e. The fourth-order valence-corrected chi connectivity index (χ4v) is 5.80. The summed E-state index contributed by atoms with van der Waals surface area (Å²) in [6.45, 7) is 6.75. The molecule has 0 bridgehead atoms. The van der Waals surface area contributed by atoms with E-state index in [1.54, 1.807) is 19.2 Å². The van der Waals surface area contributed by atoms with Crippen LogP contribution >= 0.6 is 0 Å². The van der Waals surface area contributed by atoms with Crippen LogP contribution in [0.5, 0.6) is 0 Å². The van der Waals surface area contributed by atoms with Gasteiger partial charge < -0.3 is 25.4 Å². The maximum Gasteiger partial charge on any atom is 0.317 e. The van der Waals surface area contributed by atoms with Gasteiger partial charge in [-0.2, -0.15) is 0 Å². The van der Waals surface area contributed by atoms with Gasteiger partial charge in [0.25, 0.3) is 0 Å². The molecule has 3 N–H and O–H groups in total. The van der Waals surface area contributed by atoms with Gasteiger partial charge in [-0.25, -0.2) is 9.18 Å². The summed E-state index contributed by atoms with van der Waals surface area (Å²) in [5.74, 6) is -0.0211. The average molecular weight is 528 g/mol. The van der Waals surface area contributed by atoms with Gasteiger partial charge in [0.15, 0.2) is 0 Å². The first kappa shape index (κ1) is 30.1. The third kappa shape index (κ3) is 7.78. The first-order valence-electron chi connectivity index (χ1n) is 14.1. The van der Waals surface area contributed by atoms with Crippen molar-refractivity contribution in [3.63, 3.8) is 0 Å². The van der Waals surface area contributed by atoms with E-state index in [-0.39, 0.29) is 23.8 Å². The summed E-state index contributed by atoms with van der Waals surface area (Å²) in [5, 5.41) is 18.9. The third-order valence-corrected chi connectivity index (χ3v) is 7.63. The molecule has 0 spiro atoms. The lowest BCUT2D eigenvalue weighted by molar-refractivity contribution is -0.0559. The normalized spacial score (nSPS) is 18.3. The number of hydrogen-bond donors (Lipinski definition) is 3. The monoisotopic (exact) mass is 527 g/mol. The molecule has 38 heavy (non-hydrogen) atoms. The number of amides is 2. The zero-order chi connectivity index (χ0) is 27.5. The number of ether oxygens (including phenoxy) is 1. The van der Waals surface area contributed by atoms with Crippen LogP contribution in [-0.2, 0) is 10.3 Å². The van der Waals surface area contributed by atoms with Crippen molar-refractivity contribution in [1.82, 2.24) is 15.5 Å². The molecule has 2 aromatic rings. The second-order valence-corrected chi connectivity index (χ2v) is 11.0. The van der Waals surface area contributed by atoms with Crippen molar-refractivity contribution in [2.24, 2.45) is 11.8 Å². The van der Waals surface area contributed by atoms with Gasteiger partial charge in [-0.1, -0.05) is 56.3 Å². The van der Waals surface area contributed by atoms with E-state index in [2.05, 4.69) is 24.5 Å². The lowest BCUT2D eigenvalue weighted by Gasteiger charge is -2.44. The van der Waals surface area contributed by atoms with Gasteiger partial charge in [-0.15, -0.1) is 0 Å². The Morgan fingerprint density at radius 3 is 2.55 bits per heavy atom. The zero-order valence-corrected chi connectivity index (χ0v) is 23.5. The summed E-state index contributed by atoms with van der Waals surface area (Å²) < 4.78 is 20.2. The number of benzene rings is 2. The number of hydrogen-bond acceptors (Lipinski definition) is 4. The second-order valence-electron chi connectivity index (χ2n) is 11.0. The maximum atomic E-state index is 14.9. The van der Waals surface area contributed by atoms with E-state index in [0.717, 1.165) is 37.7 Å². The van der Waals surface area contributed by atoms with E-state index in [0.29, 0.717) is 49.7 Å². The topological polar surface area (TPSA) is 73.8 Å². The van der Waals surface area contributed by atoms with Gasteiger partial charge in [0.05, 0.1) is 5.60 Å². The van der Waals surface area contributed by atoms with Crippen LogP contribution in [0.2, 0.25) is 0 Å². The Morgan fingerprint density at radius 1 is 1.16 bits per heavy atom. The van der Waals surface area contributed by atoms with E-state index >= 15 is 0 Å². The number of carbonyl (C=O) groups excluding carboxylic acids is 1. The van der Waals surface area contributed by atoms with Crippen LogP contribution in [0.1, 0.15) is 57.9 Å². The summed E-state index contributed by atoms with van der Waals surface area (Å²) in [6.07, 6.45) is 4.58. The Kier molecular flexibility index (Phi) is 11.6. The van der Waals surface area contributed by atoms with Crippen molar-refractivity contribution in [3.05, 3.63) is 59.9 Å². The first-order valence-corrected chi connectivity index (χ1v) is 14.1. The summed E-state index contributed by atoms with van der Waals surface area (Å²) in [6, 6.07) is 14.3. The van der Waals surface area contributed by atoms with Crippen molar-refractivity contribution in [2.45, 2.75) is 64.0 Å². The molecular weight excluding hydrogens is 481 g/mol. The number of piperidine rings is 1. The SMILES string of the molecule is CNCC(CC(C)C)NC(=O)N1CCC[C@@H]([C@@](O)(CCCCOC)c2ccccc2-c2ccccc2F)C1. The maximum absolute atomic E-state index is 14.9. The number of methoxy groups -OCH3 is 1. The molecule has 1 heterocycles. The van der Waals surface area contributed by atoms with E-state index in [1.165, 1.54) is 6.07 Å².